The van der Waals surface area contributed by atoms with Gasteiger partial charge in [0.2, 0.25) is 0 Å². The van der Waals surface area contributed by atoms with Crippen molar-refractivity contribution >= 4 is 75.2 Å². The number of nitrogens with two attached hydrogens (primary N) is 1. The van der Waals surface area contributed by atoms with Gasteiger partial charge >= 0.3 is 65.1 Å². The molecule has 10 nitrogen and oxygen atoms in total. The molecule has 0 bridgehead atoms. The predicted octanol–water partition coefficient (Wildman–Crippen LogP) is -5.01. The van der Waals surface area contributed by atoms with Gasteiger partial charge in [0.1, 0.15) is 5.54 Å². The summed E-state index contributed by atoms with van der Waals surface area (Å²) in [5.41, 5.74) is 4.63. The number of carboxylic acid groups (broad SMARTS) is 1. The molecule has 0 saturated heterocycles. The fourth-order valence-electron chi connectivity index (χ4n) is 4.56. The van der Waals surface area contributed by atoms with Gasteiger partial charge in [0.15, 0.2) is 0 Å². The Morgan fingerprint density at radius 1 is 1.00 bits per heavy atom. The molecule has 1 spiro atoms. The minimum absolute atomic E-state index is 0. The number of aliphatic carboxylic acids is 1. The van der Waals surface area contributed by atoms with Crippen LogP contribution < -0.4 is 75.4 Å². The molecule has 16 heteroatoms. The van der Waals surface area contributed by atoms with E-state index in [2.05, 4.69) is 63.9 Å². The van der Waals surface area contributed by atoms with Crippen LogP contribution in [0.1, 0.15) is 38.5 Å². The van der Waals surface area contributed by atoms with Crippen molar-refractivity contribution in [1.82, 2.24) is 0 Å². The molecule has 3 rings (SSSR count). The van der Waals surface area contributed by atoms with Crippen LogP contribution in [-0.2, 0) is 28.3 Å². The van der Waals surface area contributed by atoms with Crippen LogP contribution in [0.25, 0.3) is 0 Å². The van der Waals surface area contributed by atoms with Gasteiger partial charge in [-0.15, -0.1) is 0 Å². The molecule has 0 aromatic heterocycles. The van der Waals surface area contributed by atoms with E-state index in [1.807, 2.05) is 0 Å². The summed E-state index contributed by atoms with van der Waals surface area (Å²) < 4.78 is 15.6. The summed E-state index contributed by atoms with van der Waals surface area (Å²) in [6.45, 7) is 0. The molecule has 3 saturated carbocycles. The van der Waals surface area contributed by atoms with Gasteiger partial charge < -0.3 is 26.1 Å². The second-order valence-electron chi connectivity index (χ2n) is 7.81. The van der Waals surface area contributed by atoms with Crippen molar-refractivity contribution in [3.05, 3.63) is 0 Å². The minimum Gasteiger partial charge on any atom is -0.691 e. The van der Waals surface area contributed by atoms with Crippen molar-refractivity contribution < 1.29 is 103 Å². The maximum Gasteiger partial charge on any atom is 1.00 e. The number of ether oxygens (including phenoxy) is 1. The SMILES string of the molecule is NC1(C(=O)O)CC12CC(I)C(OC1CC(SOO[O-])CC(SOO[O-])C1)C(I)C2.[Na+].[Na+]. The zero-order chi connectivity index (χ0) is 21.2. The Morgan fingerprint density at radius 2 is 1.48 bits per heavy atom. The Labute approximate surface area is 260 Å². The van der Waals surface area contributed by atoms with E-state index in [4.69, 9.17) is 10.5 Å². The van der Waals surface area contributed by atoms with Gasteiger partial charge in [-0.1, -0.05) is 45.2 Å². The zero-order valence-electron chi connectivity index (χ0n) is 17.1. The second-order valence-corrected chi connectivity index (χ2v) is 13.0. The zero-order valence-corrected chi connectivity index (χ0v) is 27.0. The third-order valence-electron chi connectivity index (χ3n) is 6.04. The van der Waals surface area contributed by atoms with Crippen LogP contribution in [0.3, 0.4) is 0 Å². The number of hydrogen-bond acceptors (Lipinski definition) is 11. The summed E-state index contributed by atoms with van der Waals surface area (Å²) in [6, 6.07) is 0. The van der Waals surface area contributed by atoms with E-state index >= 15 is 0 Å². The molecule has 0 aromatic rings. The summed E-state index contributed by atoms with van der Waals surface area (Å²) in [7, 11) is 0. The fourth-order valence-corrected chi connectivity index (χ4v) is 10.0. The average Bonchev–Trinajstić information content (AvgIpc) is 3.25. The number of alkyl halides is 2. The molecule has 0 amide bonds. The maximum absolute atomic E-state index is 11.6. The molecule has 5 atom stereocenters. The van der Waals surface area contributed by atoms with E-state index < -0.39 is 11.5 Å². The first-order valence-electron chi connectivity index (χ1n) is 8.94. The molecule has 31 heavy (non-hydrogen) atoms. The van der Waals surface area contributed by atoms with Crippen LogP contribution in [0, 0.1) is 5.41 Å². The number of carbonyl (C=O) groups is 1. The number of carboxylic acids is 1. The van der Waals surface area contributed by atoms with Gasteiger partial charge in [0.25, 0.3) is 0 Å². The Kier molecular flexibility index (Phi) is 14.9. The summed E-state index contributed by atoms with van der Waals surface area (Å²) in [5, 5.41) is 36.5. The van der Waals surface area contributed by atoms with Crippen molar-refractivity contribution in [3.63, 3.8) is 0 Å². The summed E-state index contributed by atoms with van der Waals surface area (Å²) in [5.74, 6) is -0.933. The van der Waals surface area contributed by atoms with Gasteiger partial charge in [0, 0.05) is 47.8 Å². The average molecular weight is 723 g/mol. The maximum atomic E-state index is 11.6. The van der Waals surface area contributed by atoms with Crippen LogP contribution in [0.5, 0.6) is 0 Å². The van der Waals surface area contributed by atoms with Gasteiger partial charge in [-0.3, -0.25) is 14.9 Å². The second kappa shape index (κ2) is 14.3. The molecule has 3 aliphatic carbocycles. The number of hydrogen-bond donors (Lipinski definition) is 2. The van der Waals surface area contributed by atoms with Crippen LogP contribution in [0.2, 0.25) is 0 Å². The van der Waals surface area contributed by atoms with Gasteiger partial charge in [-0.2, -0.15) is 8.67 Å². The Morgan fingerprint density at radius 3 is 1.87 bits per heavy atom. The van der Waals surface area contributed by atoms with Crippen molar-refractivity contribution in [3.8, 4) is 0 Å². The first-order valence-corrected chi connectivity index (χ1v) is 13.0. The summed E-state index contributed by atoms with van der Waals surface area (Å²) in [6.07, 6.45) is 3.62. The van der Waals surface area contributed by atoms with E-state index in [1.165, 1.54) is 0 Å². The van der Waals surface area contributed by atoms with E-state index in [0.29, 0.717) is 38.5 Å². The third kappa shape index (κ3) is 7.90. The number of rotatable bonds is 9. The molecular weight excluding hydrogens is 702 g/mol. The van der Waals surface area contributed by atoms with E-state index in [0.717, 1.165) is 24.1 Å². The Bertz CT molecular complexity index is 577. The molecule has 0 aromatic carbocycles. The first-order chi connectivity index (χ1) is 13.7. The van der Waals surface area contributed by atoms with Crippen LogP contribution in [0.15, 0.2) is 0 Å². The molecule has 5 unspecified atom stereocenters. The fraction of sp³-hybridized carbons (Fsp3) is 0.933. The van der Waals surface area contributed by atoms with E-state index in [1.54, 1.807) is 0 Å². The smallest absolute Gasteiger partial charge is 0.691 e. The summed E-state index contributed by atoms with van der Waals surface area (Å²) in [4.78, 5) is 11.6. The molecule has 0 aliphatic heterocycles. The standard InChI is InChI=1S/C15H23I2NO9S2.2Na/c16-10-4-14(6-15(14,18)13(19)20)5-11(17)12(10)23-7-1-8(28-26-24-21)3-9(2-7)29-27-25-22;;/h7-12,21-22H,1-6,18H2,(H,19,20);;/q;2*+1/p-2. The minimum atomic E-state index is -1.13. The third-order valence-corrected chi connectivity index (χ3v) is 9.92. The molecular formula is C15H21I2NNa2O9S2. The molecule has 3 N–H and O–H groups in total. The van der Waals surface area contributed by atoms with Crippen LogP contribution in [-0.4, -0.2) is 47.2 Å². The van der Waals surface area contributed by atoms with Gasteiger partial charge in [-0.05, 0) is 38.5 Å². The van der Waals surface area contributed by atoms with E-state index in [-0.39, 0.29) is 95.1 Å². The topological polar surface area (TPSA) is 156 Å². The normalized spacial score (nSPS) is 41.8. The van der Waals surface area contributed by atoms with Crippen LogP contribution in [0.4, 0.5) is 0 Å². The van der Waals surface area contributed by atoms with Crippen molar-refractivity contribution in [1.29, 1.82) is 0 Å². The van der Waals surface area contributed by atoms with E-state index in [9.17, 15) is 20.4 Å². The van der Waals surface area contributed by atoms with Crippen molar-refractivity contribution in [2.24, 2.45) is 11.1 Å². The molecule has 168 valence electrons. The predicted molar refractivity (Wildman–Crippen MR) is 116 cm³/mol. The van der Waals surface area contributed by atoms with Crippen LogP contribution >= 0.6 is 69.3 Å². The Hall–Kier alpha value is 3.31. The first kappa shape index (κ1) is 32.3. The molecule has 3 aliphatic rings. The van der Waals surface area contributed by atoms with Gasteiger partial charge in [0.05, 0.1) is 12.2 Å². The van der Waals surface area contributed by atoms with Crippen molar-refractivity contribution in [2.45, 2.75) is 74.6 Å². The summed E-state index contributed by atoms with van der Waals surface area (Å²) >= 11 is 6.51. The largest absolute Gasteiger partial charge is 1.00 e. The molecule has 0 radical (unpaired) electrons. The van der Waals surface area contributed by atoms with Gasteiger partial charge in [-0.25, -0.2) is 0 Å². The monoisotopic (exact) mass is 723 g/mol. The van der Waals surface area contributed by atoms with Crippen molar-refractivity contribution in [2.75, 3.05) is 0 Å². The molecule has 0 heterocycles. The molecule has 3 fully saturated rings. The Balaban J connectivity index is 0.00000240. The number of halogens is 2. The quantitative estimate of drug-likeness (QED) is 0.0585.